The highest BCUT2D eigenvalue weighted by Gasteiger charge is 2.05. The first-order valence-corrected chi connectivity index (χ1v) is 2.29. The standard InChI is InChI=1S/C6H6NO2/c1-3-5(4-7)6(8)9-2/h1-2H3. The zero-order valence-corrected chi connectivity index (χ0v) is 5.26. The Kier molecular flexibility index (Phi) is 3.14. The Morgan fingerprint density at radius 2 is 2.22 bits per heavy atom. The molecule has 0 aromatic heterocycles. The Labute approximate surface area is 53.5 Å². The van der Waals surface area contributed by atoms with Gasteiger partial charge in [-0.15, -0.1) is 0 Å². The molecule has 0 spiro atoms. The fourth-order valence-electron chi connectivity index (χ4n) is 0.306. The molecule has 0 atom stereocenters. The van der Waals surface area contributed by atoms with Gasteiger partial charge >= 0.3 is 5.97 Å². The summed E-state index contributed by atoms with van der Waals surface area (Å²) in [6, 6.07) is 1.63. The van der Waals surface area contributed by atoms with Crippen LogP contribution in [0.2, 0.25) is 0 Å². The van der Waals surface area contributed by atoms with Crippen LogP contribution in [0.1, 0.15) is 6.92 Å². The summed E-state index contributed by atoms with van der Waals surface area (Å²) in [4.78, 5) is 10.4. The maximum atomic E-state index is 10.4. The molecular weight excluding hydrogens is 118 g/mol. The first-order valence-electron chi connectivity index (χ1n) is 2.29. The topological polar surface area (TPSA) is 50.1 Å². The molecule has 0 saturated carbocycles. The molecule has 9 heavy (non-hydrogen) atoms. The molecule has 47 valence electrons. The monoisotopic (exact) mass is 124 g/mol. The Bertz CT molecular complexity index is 176. The van der Waals surface area contributed by atoms with Crippen LogP contribution in [0, 0.1) is 17.4 Å². The molecule has 0 bridgehead atoms. The van der Waals surface area contributed by atoms with Crippen LogP contribution in [-0.4, -0.2) is 13.1 Å². The number of hydrogen-bond donors (Lipinski definition) is 0. The summed E-state index contributed by atoms with van der Waals surface area (Å²) in [5, 5.41) is 8.18. The SMILES string of the molecule is C/[C]=C(\C#N)C(=O)OC. The number of carbonyl (C=O) groups excluding carboxylic acids is 1. The molecule has 0 rings (SSSR count). The highest BCUT2D eigenvalue weighted by molar-refractivity contribution is 5.91. The first kappa shape index (κ1) is 7.70. The number of nitrogens with zero attached hydrogens (tertiary/aromatic N) is 1. The van der Waals surface area contributed by atoms with E-state index in [0.29, 0.717) is 0 Å². The minimum Gasteiger partial charge on any atom is -0.465 e. The molecular formula is C6H6NO2. The highest BCUT2D eigenvalue weighted by Crippen LogP contribution is 1.91. The molecule has 0 aromatic rings. The minimum absolute atomic E-state index is 0.0856. The lowest BCUT2D eigenvalue weighted by Crippen LogP contribution is -2.02. The van der Waals surface area contributed by atoms with Gasteiger partial charge in [-0.25, -0.2) is 4.79 Å². The van der Waals surface area contributed by atoms with E-state index < -0.39 is 5.97 Å². The van der Waals surface area contributed by atoms with Crippen molar-refractivity contribution < 1.29 is 9.53 Å². The van der Waals surface area contributed by atoms with Crippen LogP contribution >= 0.6 is 0 Å². The minimum atomic E-state index is -0.639. The van der Waals surface area contributed by atoms with Gasteiger partial charge in [-0.3, -0.25) is 0 Å². The molecule has 0 N–H and O–H groups in total. The number of ether oxygens (including phenoxy) is 1. The molecule has 0 amide bonds. The van der Waals surface area contributed by atoms with E-state index in [1.165, 1.54) is 14.0 Å². The van der Waals surface area contributed by atoms with Crippen molar-refractivity contribution in [2.45, 2.75) is 6.92 Å². The van der Waals surface area contributed by atoms with Crippen molar-refractivity contribution in [3.63, 3.8) is 0 Å². The van der Waals surface area contributed by atoms with Gasteiger partial charge in [0.2, 0.25) is 0 Å². The first-order chi connectivity index (χ1) is 4.26. The number of hydrogen-bond acceptors (Lipinski definition) is 3. The maximum Gasteiger partial charge on any atom is 0.348 e. The normalized spacial score (nSPS) is 10.1. The second kappa shape index (κ2) is 3.67. The predicted molar refractivity (Wildman–Crippen MR) is 30.1 cm³/mol. The van der Waals surface area contributed by atoms with Gasteiger partial charge in [0.15, 0.2) is 0 Å². The van der Waals surface area contributed by atoms with E-state index >= 15 is 0 Å². The molecule has 0 aliphatic rings. The van der Waals surface area contributed by atoms with Gasteiger partial charge in [-0.1, -0.05) is 0 Å². The van der Waals surface area contributed by atoms with Crippen molar-refractivity contribution in [1.29, 1.82) is 5.26 Å². The van der Waals surface area contributed by atoms with Crippen molar-refractivity contribution in [1.82, 2.24) is 0 Å². The van der Waals surface area contributed by atoms with Crippen LogP contribution in [0.4, 0.5) is 0 Å². The van der Waals surface area contributed by atoms with Crippen LogP contribution < -0.4 is 0 Å². The number of rotatable bonds is 1. The molecule has 3 nitrogen and oxygen atoms in total. The summed E-state index contributed by atoms with van der Waals surface area (Å²) in [7, 11) is 1.22. The van der Waals surface area contributed by atoms with Crippen LogP contribution in [0.3, 0.4) is 0 Å². The van der Waals surface area contributed by atoms with Gasteiger partial charge < -0.3 is 4.74 Å². The summed E-state index contributed by atoms with van der Waals surface area (Å²) in [5.41, 5.74) is -0.0856. The number of methoxy groups -OCH3 is 1. The van der Waals surface area contributed by atoms with E-state index in [0.717, 1.165) is 0 Å². The molecule has 0 unspecified atom stereocenters. The van der Waals surface area contributed by atoms with Crippen molar-refractivity contribution >= 4 is 5.97 Å². The van der Waals surface area contributed by atoms with Crippen LogP contribution in [0.5, 0.6) is 0 Å². The van der Waals surface area contributed by atoms with Crippen LogP contribution in [0.15, 0.2) is 5.57 Å². The van der Waals surface area contributed by atoms with E-state index in [4.69, 9.17) is 5.26 Å². The molecule has 0 aromatic carbocycles. The largest absolute Gasteiger partial charge is 0.465 e. The summed E-state index contributed by atoms with van der Waals surface area (Å²) in [6.07, 6.45) is 2.38. The third-order valence-corrected chi connectivity index (χ3v) is 0.751. The zero-order valence-electron chi connectivity index (χ0n) is 5.26. The summed E-state index contributed by atoms with van der Waals surface area (Å²) in [5.74, 6) is -0.639. The predicted octanol–water partition coefficient (Wildman–Crippen LogP) is 0.432. The van der Waals surface area contributed by atoms with E-state index in [1.54, 1.807) is 6.07 Å². The lowest BCUT2D eigenvalue weighted by atomic mass is 10.3. The van der Waals surface area contributed by atoms with Gasteiger partial charge in [0, 0.05) is 0 Å². The fourth-order valence-corrected chi connectivity index (χ4v) is 0.306. The lowest BCUT2D eigenvalue weighted by Gasteiger charge is -1.91. The van der Waals surface area contributed by atoms with Gasteiger partial charge in [-0.2, -0.15) is 5.26 Å². The van der Waals surface area contributed by atoms with E-state index in [1.807, 2.05) is 0 Å². The number of allylic oxidation sites excluding steroid dienone is 1. The number of carbonyl (C=O) groups is 1. The molecule has 0 aliphatic carbocycles. The van der Waals surface area contributed by atoms with Crippen molar-refractivity contribution in [2.24, 2.45) is 0 Å². The zero-order chi connectivity index (χ0) is 7.28. The summed E-state index contributed by atoms with van der Waals surface area (Å²) < 4.78 is 4.23. The van der Waals surface area contributed by atoms with Gasteiger partial charge in [0.1, 0.15) is 11.6 Å². The molecule has 0 fully saturated rings. The molecule has 1 radical (unpaired) electrons. The quantitative estimate of drug-likeness (QED) is 0.289. The Morgan fingerprint density at radius 3 is 2.33 bits per heavy atom. The van der Waals surface area contributed by atoms with Crippen molar-refractivity contribution in [3.8, 4) is 6.07 Å². The smallest absolute Gasteiger partial charge is 0.348 e. The molecule has 0 aliphatic heterocycles. The average Bonchev–Trinajstić information content (AvgIpc) is 1.90. The van der Waals surface area contributed by atoms with Crippen molar-refractivity contribution in [3.05, 3.63) is 11.6 Å². The number of esters is 1. The summed E-state index contributed by atoms with van der Waals surface area (Å²) >= 11 is 0. The Morgan fingerprint density at radius 1 is 1.67 bits per heavy atom. The van der Waals surface area contributed by atoms with E-state index in [2.05, 4.69) is 10.8 Å². The van der Waals surface area contributed by atoms with E-state index in [9.17, 15) is 4.79 Å². The van der Waals surface area contributed by atoms with Gasteiger partial charge in [0.25, 0.3) is 0 Å². The van der Waals surface area contributed by atoms with Crippen molar-refractivity contribution in [2.75, 3.05) is 7.11 Å². The van der Waals surface area contributed by atoms with Gasteiger partial charge in [-0.05, 0) is 13.0 Å². The van der Waals surface area contributed by atoms with Gasteiger partial charge in [0.05, 0.1) is 7.11 Å². The molecule has 3 heteroatoms. The summed E-state index contributed by atoms with van der Waals surface area (Å²) in [6.45, 7) is 1.48. The highest BCUT2D eigenvalue weighted by atomic mass is 16.5. The Hall–Kier alpha value is -1.30. The third-order valence-electron chi connectivity index (χ3n) is 0.751. The van der Waals surface area contributed by atoms with Crippen LogP contribution in [0.25, 0.3) is 0 Å². The lowest BCUT2D eigenvalue weighted by molar-refractivity contribution is -0.135. The fraction of sp³-hybridized carbons (Fsp3) is 0.333. The molecule has 0 saturated heterocycles. The number of nitriles is 1. The molecule has 0 heterocycles. The maximum absolute atomic E-state index is 10.4. The van der Waals surface area contributed by atoms with E-state index in [-0.39, 0.29) is 5.57 Å². The second-order valence-corrected chi connectivity index (χ2v) is 1.23. The third kappa shape index (κ3) is 1.96. The van der Waals surface area contributed by atoms with Crippen LogP contribution in [-0.2, 0) is 9.53 Å². The average molecular weight is 124 g/mol. The second-order valence-electron chi connectivity index (χ2n) is 1.23. The Balaban J connectivity index is 4.19.